The highest BCUT2D eigenvalue weighted by Crippen LogP contribution is 2.17. The molecule has 2 unspecified atom stereocenters. The fourth-order valence-corrected chi connectivity index (χ4v) is 2.63. The van der Waals surface area contributed by atoms with Crippen LogP contribution >= 0.6 is 0 Å². The van der Waals surface area contributed by atoms with Crippen LogP contribution in [0.25, 0.3) is 0 Å². The Morgan fingerprint density at radius 3 is 2.72 bits per heavy atom. The van der Waals surface area contributed by atoms with Gasteiger partial charge in [-0.3, -0.25) is 0 Å². The van der Waals surface area contributed by atoms with Crippen LogP contribution in [0.15, 0.2) is 24.3 Å². The molecule has 2 atom stereocenters. The molecule has 0 amide bonds. The van der Waals surface area contributed by atoms with E-state index in [1.807, 2.05) is 12.1 Å². The first kappa shape index (κ1) is 13.4. The molecule has 1 saturated carbocycles. The van der Waals surface area contributed by atoms with E-state index < -0.39 is 0 Å². The Hall–Kier alpha value is -1.06. The number of methoxy groups -OCH3 is 1. The van der Waals surface area contributed by atoms with E-state index in [4.69, 9.17) is 10.5 Å². The minimum absolute atomic E-state index is 0.400. The van der Waals surface area contributed by atoms with Crippen molar-refractivity contribution in [3.05, 3.63) is 29.8 Å². The normalized spacial score (nSPS) is 23.9. The first-order valence-corrected chi connectivity index (χ1v) is 6.90. The zero-order chi connectivity index (χ0) is 12.8. The van der Waals surface area contributed by atoms with Gasteiger partial charge < -0.3 is 15.8 Å². The maximum Gasteiger partial charge on any atom is 0.118 e. The first-order chi connectivity index (χ1) is 8.78. The van der Waals surface area contributed by atoms with Crippen molar-refractivity contribution in [3.63, 3.8) is 0 Å². The summed E-state index contributed by atoms with van der Waals surface area (Å²) in [5.41, 5.74) is 7.34. The lowest BCUT2D eigenvalue weighted by Crippen LogP contribution is -2.40. The fraction of sp³-hybridized carbons (Fsp3) is 0.600. The predicted octanol–water partition coefficient (Wildman–Crippen LogP) is 2.10. The summed E-state index contributed by atoms with van der Waals surface area (Å²) in [7, 11) is 1.70. The summed E-state index contributed by atoms with van der Waals surface area (Å²) >= 11 is 0. The molecule has 18 heavy (non-hydrogen) atoms. The largest absolute Gasteiger partial charge is 0.497 e. The average molecular weight is 248 g/mol. The van der Waals surface area contributed by atoms with Gasteiger partial charge in [-0.05, 0) is 49.9 Å². The van der Waals surface area contributed by atoms with Crippen LogP contribution in [0.2, 0.25) is 0 Å². The van der Waals surface area contributed by atoms with Gasteiger partial charge in [0, 0.05) is 12.1 Å². The lowest BCUT2D eigenvalue weighted by Gasteiger charge is -2.27. The zero-order valence-electron chi connectivity index (χ0n) is 11.2. The van der Waals surface area contributed by atoms with Crippen LogP contribution < -0.4 is 15.8 Å². The molecular weight excluding hydrogens is 224 g/mol. The number of nitrogens with one attached hydrogen (secondary N) is 1. The van der Waals surface area contributed by atoms with Gasteiger partial charge in [0.15, 0.2) is 0 Å². The molecule has 0 aliphatic heterocycles. The Labute approximate surface area is 110 Å². The first-order valence-electron chi connectivity index (χ1n) is 6.90. The van der Waals surface area contributed by atoms with Crippen molar-refractivity contribution >= 4 is 0 Å². The SMILES string of the molecule is COc1ccc(CCNC2CCCC(N)C2)cc1. The smallest absolute Gasteiger partial charge is 0.118 e. The summed E-state index contributed by atoms with van der Waals surface area (Å²) in [5.74, 6) is 0.921. The van der Waals surface area contributed by atoms with Crippen molar-refractivity contribution in [2.24, 2.45) is 5.73 Å². The molecule has 3 N–H and O–H groups in total. The van der Waals surface area contributed by atoms with Gasteiger partial charge in [0.25, 0.3) is 0 Å². The van der Waals surface area contributed by atoms with Gasteiger partial charge in [-0.2, -0.15) is 0 Å². The molecule has 3 nitrogen and oxygen atoms in total. The van der Waals surface area contributed by atoms with Crippen LogP contribution in [0.4, 0.5) is 0 Å². The van der Waals surface area contributed by atoms with Crippen molar-refractivity contribution in [1.29, 1.82) is 0 Å². The van der Waals surface area contributed by atoms with Gasteiger partial charge in [-0.15, -0.1) is 0 Å². The van der Waals surface area contributed by atoms with Gasteiger partial charge >= 0.3 is 0 Å². The standard InChI is InChI=1S/C15H24N2O/c1-18-15-7-5-12(6-8-15)9-10-17-14-4-2-3-13(16)11-14/h5-8,13-14,17H,2-4,9-11,16H2,1H3. The Bertz CT molecular complexity index is 350. The summed E-state index contributed by atoms with van der Waals surface area (Å²) in [6, 6.07) is 9.32. The summed E-state index contributed by atoms with van der Waals surface area (Å²) < 4.78 is 5.15. The zero-order valence-corrected chi connectivity index (χ0v) is 11.2. The maximum atomic E-state index is 5.99. The highest BCUT2D eigenvalue weighted by atomic mass is 16.5. The molecule has 0 bridgehead atoms. The molecule has 100 valence electrons. The van der Waals surface area contributed by atoms with E-state index in [1.54, 1.807) is 7.11 Å². The lowest BCUT2D eigenvalue weighted by molar-refractivity contribution is 0.341. The minimum Gasteiger partial charge on any atom is -0.497 e. The van der Waals surface area contributed by atoms with Crippen molar-refractivity contribution in [2.75, 3.05) is 13.7 Å². The second kappa shape index (κ2) is 6.76. The second-order valence-corrected chi connectivity index (χ2v) is 5.18. The maximum absolute atomic E-state index is 5.99. The third-order valence-corrected chi connectivity index (χ3v) is 3.72. The highest BCUT2D eigenvalue weighted by Gasteiger charge is 2.17. The molecule has 1 aromatic rings. The van der Waals surface area contributed by atoms with Crippen molar-refractivity contribution in [3.8, 4) is 5.75 Å². The van der Waals surface area contributed by atoms with E-state index in [9.17, 15) is 0 Å². The van der Waals surface area contributed by atoms with Crippen LogP contribution in [0.5, 0.6) is 5.75 Å². The third-order valence-electron chi connectivity index (χ3n) is 3.72. The van der Waals surface area contributed by atoms with Gasteiger partial charge in [-0.25, -0.2) is 0 Å². The molecule has 3 heteroatoms. The minimum atomic E-state index is 0.400. The fourth-order valence-electron chi connectivity index (χ4n) is 2.63. The van der Waals surface area contributed by atoms with Crippen LogP contribution in [0, 0.1) is 0 Å². The second-order valence-electron chi connectivity index (χ2n) is 5.18. The van der Waals surface area contributed by atoms with Crippen LogP contribution in [-0.4, -0.2) is 25.7 Å². The Kier molecular flexibility index (Phi) is 5.02. The quantitative estimate of drug-likeness (QED) is 0.839. The Morgan fingerprint density at radius 2 is 2.06 bits per heavy atom. The van der Waals surface area contributed by atoms with E-state index >= 15 is 0 Å². The predicted molar refractivity (Wildman–Crippen MR) is 74.9 cm³/mol. The van der Waals surface area contributed by atoms with Gasteiger partial charge in [0.1, 0.15) is 5.75 Å². The number of hydrogen-bond donors (Lipinski definition) is 2. The highest BCUT2D eigenvalue weighted by molar-refractivity contribution is 5.27. The summed E-state index contributed by atoms with van der Waals surface area (Å²) in [5, 5.41) is 3.62. The molecule has 2 rings (SSSR count). The van der Waals surface area contributed by atoms with E-state index in [0.29, 0.717) is 12.1 Å². The molecule has 1 fully saturated rings. The van der Waals surface area contributed by atoms with E-state index in [-0.39, 0.29) is 0 Å². The van der Waals surface area contributed by atoms with Gasteiger partial charge in [0.2, 0.25) is 0 Å². The molecular formula is C15H24N2O. The summed E-state index contributed by atoms with van der Waals surface area (Å²) in [4.78, 5) is 0. The van der Waals surface area contributed by atoms with E-state index in [0.717, 1.165) is 25.1 Å². The van der Waals surface area contributed by atoms with Crippen molar-refractivity contribution < 1.29 is 4.74 Å². The Balaban J connectivity index is 1.70. The molecule has 0 aromatic heterocycles. The van der Waals surface area contributed by atoms with Crippen LogP contribution in [0.3, 0.4) is 0 Å². The molecule has 0 radical (unpaired) electrons. The third kappa shape index (κ3) is 4.00. The molecule has 1 aromatic carbocycles. The molecule has 0 spiro atoms. The van der Waals surface area contributed by atoms with Crippen LogP contribution in [0.1, 0.15) is 31.2 Å². The summed E-state index contributed by atoms with van der Waals surface area (Å²) in [6.45, 7) is 1.03. The van der Waals surface area contributed by atoms with Gasteiger partial charge in [0.05, 0.1) is 7.11 Å². The lowest BCUT2D eigenvalue weighted by atomic mass is 9.91. The van der Waals surface area contributed by atoms with E-state index in [2.05, 4.69) is 17.4 Å². The number of hydrogen-bond acceptors (Lipinski definition) is 3. The van der Waals surface area contributed by atoms with Crippen LogP contribution in [-0.2, 0) is 6.42 Å². The molecule has 0 saturated heterocycles. The van der Waals surface area contributed by atoms with E-state index in [1.165, 1.54) is 24.8 Å². The monoisotopic (exact) mass is 248 g/mol. The van der Waals surface area contributed by atoms with Crippen molar-refractivity contribution in [1.82, 2.24) is 5.32 Å². The number of ether oxygens (including phenoxy) is 1. The van der Waals surface area contributed by atoms with Gasteiger partial charge in [-0.1, -0.05) is 18.6 Å². The molecule has 1 aliphatic rings. The molecule has 0 heterocycles. The van der Waals surface area contributed by atoms with Crippen molar-refractivity contribution in [2.45, 2.75) is 44.2 Å². The average Bonchev–Trinajstić information content (AvgIpc) is 2.40. The topological polar surface area (TPSA) is 47.3 Å². The molecule has 1 aliphatic carbocycles. The summed E-state index contributed by atoms with van der Waals surface area (Å²) in [6.07, 6.45) is 5.92. The number of nitrogens with two attached hydrogens (primary N) is 1. The Morgan fingerprint density at radius 1 is 1.28 bits per heavy atom. The number of rotatable bonds is 5. The number of benzene rings is 1.